The molecule has 2 heterocycles. The molecule has 2 unspecified atom stereocenters. The van der Waals surface area contributed by atoms with Crippen molar-refractivity contribution >= 4 is 23.4 Å². The summed E-state index contributed by atoms with van der Waals surface area (Å²) in [6.45, 7) is 1.12. The number of halogens is 1. The van der Waals surface area contributed by atoms with E-state index in [2.05, 4.69) is 5.32 Å². The van der Waals surface area contributed by atoms with Crippen LogP contribution in [0, 0.1) is 0 Å². The Morgan fingerprint density at radius 1 is 1.43 bits per heavy atom. The number of benzene rings is 1. The lowest BCUT2D eigenvalue weighted by atomic mass is 9.89. The number of carbonyl (C=O) groups excluding carboxylic acids is 2. The van der Waals surface area contributed by atoms with Gasteiger partial charge in [-0.2, -0.15) is 0 Å². The van der Waals surface area contributed by atoms with Crippen LogP contribution in [0.5, 0.6) is 0 Å². The van der Waals surface area contributed by atoms with Crippen LogP contribution in [0.25, 0.3) is 0 Å². The average Bonchev–Trinajstić information content (AvgIpc) is 3.10. The Balaban J connectivity index is 1.72. The van der Waals surface area contributed by atoms with Crippen LogP contribution in [0.4, 0.5) is 0 Å². The molecule has 0 aromatic heterocycles. The van der Waals surface area contributed by atoms with Crippen molar-refractivity contribution in [1.82, 2.24) is 10.2 Å². The highest BCUT2D eigenvalue weighted by molar-refractivity contribution is 6.30. The first-order chi connectivity index (χ1) is 11.0. The maximum absolute atomic E-state index is 12.6. The molecule has 1 aromatic carbocycles. The number of carbonyl (C=O) groups is 2. The second-order valence-corrected chi connectivity index (χ2v) is 6.87. The van der Waals surface area contributed by atoms with Crippen LogP contribution in [-0.4, -0.2) is 48.6 Å². The molecule has 0 spiro atoms. The van der Waals surface area contributed by atoms with Crippen LogP contribution < -0.4 is 5.32 Å². The lowest BCUT2D eigenvalue weighted by molar-refractivity contribution is -0.134. The third-order valence-corrected chi connectivity index (χ3v) is 4.99. The summed E-state index contributed by atoms with van der Waals surface area (Å²) in [5.41, 5.74) is 0.702. The summed E-state index contributed by atoms with van der Waals surface area (Å²) >= 11 is 5.93. The van der Waals surface area contributed by atoms with E-state index in [9.17, 15) is 9.59 Å². The Morgan fingerprint density at radius 3 is 2.74 bits per heavy atom. The number of hydrogen-bond acceptors (Lipinski definition) is 3. The molecular formula is C17H21ClN2O3. The van der Waals surface area contributed by atoms with Gasteiger partial charge in [-0.25, -0.2) is 0 Å². The minimum Gasteiger partial charge on any atom is -0.379 e. The highest BCUT2D eigenvalue weighted by Crippen LogP contribution is 2.26. The third-order valence-electron chi connectivity index (χ3n) is 4.74. The zero-order valence-corrected chi connectivity index (χ0v) is 13.9. The first kappa shape index (κ1) is 16.3. The molecule has 0 radical (unpaired) electrons. The molecular weight excluding hydrogens is 316 g/mol. The summed E-state index contributed by atoms with van der Waals surface area (Å²) in [6.07, 6.45) is 2.49. The molecule has 1 N–H and O–H groups in total. The average molecular weight is 337 g/mol. The molecule has 0 aliphatic carbocycles. The maximum atomic E-state index is 12.6. The van der Waals surface area contributed by atoms with Crippen LogP contribution in [0.2, 0.25) is 5.02 Å². The lowest BCUT2D eigenvalue weighted by Crippen LogP contribution is -2.55. The molecule has 124 valence electrons. The monoisotopic (exact) mass is 336 g/mol. The fourth-order valence-electron chi connectivity index (χ4n) is 3.34. The van der Waals surface area contributed by atoms with E-state index in [-0.39, 0.29) is 17.9 Å². The molecule has 3 rings (SSSR count). The molecule has 2 aliphatic rings. The van der Waals surface area contributed by atoms with Crippen molar-refractivity contribution in [2.75, 3.05) is 20.3 Å². The van der Waals surface area contributed by atoms with Gasteiger partial charge in [0.05, 0.1) is 12.1 Å². The predicted octanol–water partition coefficient (Wildman–Crippen LogP) is 1.78. The maximum Gasteiger partial charge on any atom is 0.243 e. The minimum atomic E-state index is -0.405. The van der Waals surface area contributed by atoms with Crippen molar-refractivity contribution in [2.45, 2.75) is 37.3 Å². The topological polar surface area (TPSA) is 58.6 Å². The standard InChI is InChI=1S/C17H21ClN2O3/c1-20-14(6-7-15(20)21)16(22)19-17(8-9-23-11-17)10-12-2-4-13(18)5-3-12/h2-5,14H,6-11H2,1H3,(H,19,22). The molecule has 23 heavy (non-hydrogen) atoms. The van der Waals surface area contributed by atoms with E-state index < -0.39 is 5.54 Å². The highest BCUT2D eigenvalue weighted by Gasteiger charge is 2.41. The van der Waals surface area contributed by atoms with E-state index in [1.54, 1.807) is 11.9 Å². The van der Waals surface area contributed by atoms with Crippen LogP contribution >= 0.6 is 11.6 Å². The van der Waals surface area contributed by atoms with Gasteiger partial charge in [-0.15, -0.1) is 0 Å². The summed E-state index contributed by atoms with van der Waals surface area (Å²) in [6, 6.07) is 7.28. The van der Waals surface area contributed by atoms with E-state index in [1.807, 2.05) is 24.3 Å². The number of likely N-dealkylation sites (N-methyl/N-ethyl adjacent to an activating group) is 1. The van der Waals surface area contributed by atoms with Gasteiger partial charge in [0.15, 0.2) is 0 Å². The van der Waals surface area contributed by atoms with Gasteiger partial charge < -0.3 is 15.0 Å². The van der Waals surface area contributed by atoms with Crippen molar-refractivity contribution in [2.24, 2.45) is 0 Å². The van der Waals surface area contributed by atoms with Crippen LogP contribution in [0.3, 0.4) is 0 Å². The van der Waals surface area contributed by atoms with Gasteiger partial charge in [0.1, 0.15) is 6.04 Å². The molecule has 0 bridgehead atoms. The third kappa shape index (κ3) is 3.51. The largest absolute Gasteiger partial charge is 0.379 e. The summed E-state index contributed by atoms with van der Waals surface area (Å²) < 4.78 is 5.55. The Bertz CT molecular complexity index is 596. The second-order valence-electron chi connectivity index (χ2n) is 6.43. The fraction of sp³-hybridized carbons (Fsp3) is 0.529. The smallest absolute Gasteiger partial charge is 0.243 e. The van der Waals surface area contributed by atoms with Crippen molar-refractivity contribution in [3.05, 3.63) is 34.9 Å². The number of ether oxygens (including phenoxy) is 1. The SMILES string of the molecule is CN1C(=O)CCC1C(=O)NC1(Cc2ccc(Cl)cc2)CCOC1. The molecule has 1 aromatic rings. The summed E-state index contributed by atoms with van der Waals surface area (Å²) in [4.78, 5) is 25.8. The van der Waals surface area contributed by atoms with E-state index in [0.29, 0.717) is 37.5 Å². The molecule has 0 saturated carbocycles. The van der Waals surface area contributed by atoms with E-state index in [0.717, 1.165) is 12.0 Å². The Hall–Kier alpha value is -1.59. The van der Waals surface area contributed by atoms with Gasteiger partial charge in [0.2, 0.25) is 11.8 Å². The van der Waals surface area contributed by atoms with Crippen molar-refractivity contribution < 1.29 is 14.3 Å². The molecule has 2 aliphatic heterocycles. The Labute approximate surface area is 140 Å². The van der Waals surface area contributed by atoms with Crippen LogP contribution in [0.1, 0.15) is 24.8 Å². The molecule has 2 amide bonds. The number of amides is 2. The molecule has 2 atom stereocenters. The first-order valence-corrected chi connectivity index (χ1v) is 8.27. The quantitative estimate of drug-likeness (QED) is 0.911. The summed E-state index contributed by atoms with van der Waals surface area (Å²) in [5, 5.41) is 3.85. The second kappa shape index (κ2) is 6.49. The van der Waals surface area contributed by atoms with Gasteiger partial charge in [-0.3, -0.25) is 9.59 Å². The number of rotatable bonds is 4. The number of hydrogen-bond donors (Lipinski definition) is 1. The molecule has 5 nitrogen and oxygen atoms in total. The van der Waals surface area contributed by atoms with Gasteiger partial charge in [-0.1, -0.05) is 23.7 Å². The normalized spacial score (nSPS) is 27.5. The van der Waals surface area contributed by atoms with Gasteiger partial charge in [0.25, 0.3) is 0 Å². The predicted molar refractivity (Wildman–Crippen MR) is 87.3 cm³/mol. The first-order valence-electron chi connectivity index (χ1n) is 7.89. The van der Waals surface area contributed by atoms with Gasteiger partial charge in [0, 0.05) is 25.1 Å². The zero-order chi connectivity index (χ0) is 16.4. The number of likely N-dealkylation sites (tertiary alicyclic amines) is 1. The fourth-order valence-corrected chi connectivity index (χ4v) is 3.46. The number of nitrogens with zero attached hydrogens (tertiary/aromatic N) is 1. The van der Waals surface area contributed by atoms with Crippen molar-refractivity contribution in [1.29, 1.82) is 0 Å². The van der Waals surface area contributed by atoms with E-state index in [1.165, 1.54) is 0 Å². The van der Waals surface area contributed by atoms with E-state index >= 15 is 0 Å². The lowest BCUT2D eigenvalue weighted by Gasteiger charge is -2.31. The molecule has 2 fully saturated rings. The number of nitrogens with one attached hydrogen (secondary N) is 1. The molecule has 6 heteroatoms. The van der Waals surface area contributed by atoms with E-state index in [4.69, 9.17) is 16.3 Å². The van der Waals surface area contributed by atoms with Crippen molar-refractivity contribution in [3.8, 4) is 0 Å². The van der Waals surface area contributed by atoms with Gasteiger partial charge in [-0.05, 0) is 37.0 Å². The zero-order valence-electron chi connectivity index (χ0n) is 13.2. The molecule has 2 saturated heterocycles. The van der Waals surface area contributed by atoms with Crippen LogP contribution in [-0.2, 0) is 20.7 Å². The Kier molecular flexibility index (Phi) is 4.60. The Morgan fingerprint density at radius 2 is 2.17 bits per heavy atom. The highest BCUT2D eigenvalue weighted by atomic mass is 35.5. The minimum absolute atomic E-state index is 0.0274. The van der Waals surface area contributed by atoms with Crippen LogP contribution in [0.15, 0.2) is 24.3 Å². The van der Waals surface area contributed by atoms with Gasteiger partial charge >= 0.3 is 0 Å². The summed E-state index contributed by atoms with van der Waals surface area (Å²) in [7, 11) is 1.69. The summed E-state index contributed by atoms with van der Waals surface area (Å²) in [5.74, 6) is -0.0580. The van der Waals surface area contributed by atoms with Crippen molar-refractivity contribution in [3.63, 3.8) is 0 Å².